The molecule has 1 aromatic carbocycles. The number of esters is 1. The third-order valence-electron chi connectivity index (χ3n) is 4.17. The van der Waals surface area contributed by atoms with Crippen molar-refractivity contribution >= 4 is 5.97 Å². The Morgan fingerprint density at radius 1 is 1.15 bits per heavy atom. The first-order chi connectivity index (χ1) is 12.3. The summed E-state index contributed by atoms with van der Waals surface area (Å²) < 4.78 is 55.6. The predicted octanol–water partition coefficient (Wildman–Crippen LogP) is 5.35. The van der Waals surface area contributed by atoms with Crippen molar-refractivity contribution in [1.29, 1.82) is 5.26 Å². The van der Waals surface area contributed by atoms with Crippen LogP contribution < -0.4 is 0 Å². The minimum absolute atomic E-state index is 0.0807. The molecular formula is C19H17F4NO2. The fourth-order valence-electron chi connectivity index (χ4n) is 2.75. The number of ether oxygens (including phenoxy) is 1. The van der Waals surface area contributed by atoms with Gasteiger partial charge in [0.05, 0.1) is 11.1 Å². The van der Waals surface area contributed by atoms with E-state index in [9.17, 15) is 22.4 Å². The van der Waals surface area contributed by atoms with Crippen molar-refractivity contribution in [3.63, 3.8) is 0 Å². The molecule has 0 N–H and O–H groups in total. The summed E-state index contributed by atoms with van der Waals surface area (Å²) in [7, 11) is 0. The number of benzene rings is 1. The van der Waals surface area contributed by atoms with E-state index in [1.54, 1.807) is 0 Å². The van der Waals surface area contributed by atoms with Gasteiger partial charge in [-0.3, -0.25) is 0 Å². The van der Waals surface area contributed by atoms with E-state index >= 15 is 0 Å². The van der Waals surface area contributed by atoms with Gasteiger partial charge in [0, 0.05) is 0 Å². The maximum atomic E-state index is 12.7. The van der Waals surface area contributed by atoms with E-state index in [1.165, 1.54) is 12.1 Å². The van der Waals surface area contributed by atoms with Gasteiger partial charge in [0.25, 0.3) is 0 Å². The van der Waals surface area contributed by atoms with Crippen LogP contribution in [0.15, 0.2) is 48.3 Å². The molecule has 26 heavy (non-hydrogen) atoms. The molecule has 0 aliphatic heterocycles. The van der Waals surface area contributed by atoms with Crippen LogP contribution in [-0.2, 0) is 10.9 Å². The minimum atomic E-state index is -4.44. The molecule has 0 saturated heterocycles. The zero-order chi connectivity index (χ0) is 19.2. The third-order valence-corrected chi connectivity index (χ3v) is 4.17. The van der Waals surface area contributed by atoms with E-state index in [0.29, 0.717) is 12.8 Å². The zero-order valence-corrected chi connectivity index (χ0v) is 13.8. The van der Waals surface area contributed by atoms with Crippen molar-refractivity contribution in [2.75, 3.05) is 0 Å². The molecule has 0 radical (unpaired) electrons. The Bertz CT molecular complexity index is 721. The number of hydrogen-bond acceptors (Lipinski definition) is 3. The van der Waals surface area contributed by atoms with Crippen molar-refractivity contribution in [1.82, 2.24) is 0 Å². The van der Waals surface area contributed by atoms with Crippen LogP contribution in [0.2, 0.25) is 0 Å². The summed E-state index contributed by atoms with van der Waals surface area (Å²) in [5.74, 6) is -1.30. The van der Waals surface area contributed by atoms with Gasteiger partial charge in [-0.2, -0.15) is 22.8 Å². The molecular weight excluding hydrogens is 350 g/mol. The minimum Gasteiger partial charge on any atom is -0.459 e. The molecule has 0 aromatic heterocycles. The molecule has 0 unspecified atom stereocenters. The number of allylic oxidation sites excluding steroid dienone is 4. The van der Waals surface area contributed by atoms with E-state index in [-0.39, 0.29) is 17.6 Å². The Morgan fingerprint density at radius 3 is 2.31 bits per heavy atom. The fraction of sp³-hybridized carbons (Fsp3) is 0.368. The zero-order valence-electron chi connectivity index (χ0n) is 13.8. The molecule has 1 aliphatic carbocycles. The van der Waals surface area contributed by atoms with Crippen LogP contribution in [0.25, 0.3) is 0 Å². The molecule has 1 aromatic rings. The summed E-state index contributed by atoms with van der Waals surface area (Å²) in [4.78, 5) is 12.0. The molecule has 2 rings (SSSR count). The summed E-state index contributed by atoms with van der Waals surface area (Å²) >= 11 is 0. The lowest BCUT2D eigenvalue weighted by molar-refractivity contribution is -0.137. The second-order valence-electron chi connectivity index (χ2n) is 6.03. The van der Waals surface area contributed by atoms with Crippen molar-refractivity contribution in [3.8, 4) is 6.07 Å². The highest BCUT2D eigenvalue weighted by molar-refractivity contribution is 5.89. The van der Waals surface area contributed by atoms with E-state index in [4.69, 9.17) is 10.00 Å². The first-order valence-corrected chi connectivity index (χ1v) is 8.12. The van der Waals surface area contributed by atoms with Gasteiger partial charge in [-0.25, -0.2) is 4.79 Å². The maximum Gasteiger partial charge on any atom is 0.416 e. The van der Waals surface area contributed by atoms with E-state index in [0.717, 1.165) is 43.2 Å². The Balaban J connectivity index is 1.84. The Labute approximate surface area is 148 Å². The summed E-state index contributed by atoms with van der Waals surface area (Å²) in [5, 5.41) is 8.31. The summed E-state index contributed by atoms with van der Waals surface area (Å²) in [6.45, 7) is 0. The summed E-state index contributed by atoms with van der Waals surface area (Å²) in [6.07, 6.45) is 2.38. The normalized spacial score (nSPS) is 21.4. The smallest absolute Gasteiger partial charge is 0.416 e. The fourth-order valence-corrected chi connectivity index (χ4v) is 2.75. The van der Waals surface area contributed by atoms with Gasteiger partial charge >= 0.3 is 12.1 Å². The number of nitrogens with zero attached hydrogens (tertiary/aromatic N) is 1. The lowest BCUT2D eigenvalue weighted by atomic mass is 9.87. The first-order valence-electron chi connectivity index (χ1n) is 8.12. The van der Waals surface area contributed by atoms with Crippen molar-refractivity contribution in [3.05, 3.63) is 59.4 Å². The summed E-state index contributed by atoms with van der Waals surface area (Å²) in [5.41, 5.74) is -0.736. The Hall–Kier alpha value is -2.62. The van der Waals surface area contributed by atoms with Gasteiger partial charge in [-0.1, -0.05) is 12.2 Å². The Kier molecular flexibility index (Phi) is 6.56. The van der Waals surface area contributed by atoms with Gasteiger partial charge in [0.2, 0.25) is 0 Å². The van der Waals surface area contributed by atoms with Crippen LogP contribution in [-0.4, -0.2) is 12.1 Å². The second kappa shape index (κ2) is 8.65. The first kappa shape index (κ1) is 19.7. The highest BCUT2D eigenvalue weighted by Crippen LogP contribution is 2.30. The van der Waals surface area contributed by atoms with Crippen LogP contribution in [0.4, 0.5) is 17.6 Å². The van der Waals surface area contributed by atoms with Crippen LogP contribution in [0.1, 0.15) is 41.6 Å². The molecule has 1 aliphatic rings. The molecule has 0 amide bonds. The highest BCUT2D eigenvalue weighted by atomic mass is 19.4. The number of nitriles is 1. The van der Waals surface area contributed by atoms with Gasteiger partial charge < -0.3 is 4.74 Å². The van der Waals surface area contributed by atoms with Crippen LogP contribution >= 0.6 is 0 Å². The lowest BCUT2D eigenvalue weighted by Crippen LogP contribution is -2.24. The summed E-state index contributed by atoms with van der Waals surface area (Å²) in [6, 6.07) is 5.30. The molecule has 0 atom stereocenters. The lowest BCUT2D eigenvalue weighted by Gasteiger charge is -2.26. The van der Waals surface area contributed by atoms with Crippen LogP contribution in [0, 0.1) is 17.2 Å². The van der Waals surface area contributed by atoms with Gasteiger partial charge in [-0.15, -0.1) is 0 Å². The molecule has 3 nitrogen and oxygen atoms in total. The predicted molar refractivity (Wildman–Crippen MR) is 86.5 cm³/mol. The molecule has 0 heterocycles. The molecule has 0 bridgehead atoms. The molecule has 0 spiro atoms. The average molecular weight is 367 g/mol. The van der Waals surface area contributed by atoms with Gasteiger partial charge in [0.1, 0.15) is 12.2 Å². The monoisotopic (exact) mass is 367 g/mol. The number of hydrogen-bond donors (Lipinski definition) is 0. The SMILES string of the molecule is N#CC(F)=CC=CC1CCC(OC(=O)c2ccc(C(F)(F)F)cc2)CC1. The number of rotatable bonds is 4. The molecule has 1 fully saturated rings. The molecule has 1 saturated carbocycles. The van der Waals surface area contributed by atoms with Gasteiger partial charge in [0.15, 0.2) is 5.83 Å². The largest absolute Gasteiger partial charge is 0.459 e. The standard InChI is InChI=1S/C19H17F4NO2/c20-16(12-24)3-1-2-13-4-10-17(11-5-13)26-18(25)14-6-8-15(9-7-14)19(21,22)23/h1-3,6-9,13,17H,4-5,10-11H2. The second-order valence-corrected chi connectivity index (χ2v) is 6.03. The number of halogens is 4. The molecule has 7 heteroatoms. The topological polar surface area (TPSA) is 50.1 Å². The van der Waals surface area contributed by atoms with Gasteiger partial charge in [-0.05, 0) is 61.9 Å². The third kappa shape index (κ3) is 5.73. The quantitative estimate of drug-likeness (QED) is 0.312. The number of carbonyl (C=O) groups is 1. The van der Waals surface area contributed by atoms with Crippen molar-refractivity contribution in [2.45, 2.75) is 38.0 Å². The van der Waals surface area contributed by atoms with E-state index in [1.807, 2.05) is 6.08 Å². The molecule has 138 valence electrons. The Morgan fingerprint density at radius 2 is 1.77 bits per heavy atom. The number of alkyl halides is 3. The maximum absolute atomic E-state index is 12.7. The van der Waals surface area contributed by atoms with Crippen LogP contribution in [0.3, 0.4) is 0 Å². The number of carbonyl (C=O) groups excluding carboxylic acids is 1. The van der Waals surface area contributed by atoms with E-state index in [2.05, 4.69) is 0 Å². The highest BCUT2D eigenvalue weighted by Gasteiger charge is 2.30. The van der Waals surface area contributed by atoms with Crippen molar-refractivity contribution in [2.24, 2.45) is 5.92 Å². The van der Waals surface area contributed by atoms with Crippen LogP contribution in [0.5, 0.6) is 0 Å². The average Bonchev–Trinajstić information content (AvgIpc) is 2.62. The van der Waals surface area contributed by atoms with E-state index < -0.39 is 23.5 Å². The van der Waals surface area contributed by atoms with Crippen molar-refractivity contribution < 1.29 is 27.1 Å².